The van der Waals surface area contributed by atoms with Crippen molar-refractivity contribution < 1.29 is 14.6 Å². The first-order chi connectivity index (χ1) is 5.34. The fourth-order valence-electron chi connectivity index (χ4n) is 1.03. The molecule has 0 N–H and O–H groups in total. The molecule has 1 saturated heterocycles. The molecule has 1 fully saturated rings. The van der Waals surface area contributed by atoms with Gasteiger partial charge in [-0.2, -0.15) is 0 Å². The lowest BCUT2D eigenvalue weighted by molar-refractivity contribution is -0.194. The summed E-state index contributed by atoms with van der Waals surface area (Å²) in [6, 6.07) is 0. The molecule has 4 nitrogen and oxygen atoms in total. The summed E-state index contributed by atoms with van der Waals surface area (Å²) in [6.07, 6.45) is 2.74. The Morgan fingerprint density at radius 1 is 1.45 bits per heavy atom. The van der Waals surface area contributed by atoms with Gasteiger partial charge in [-0.1, -0.05) is 6.58 Å². The maximum Gasteiger partial charge on any atom is 0.452 e. The number of hydrogen-bond acceptors (Lipinski definition) is 3. The second-order valence-corrected chi connectivity index (χ2v) is 2.31. The van der Waals surface area contributed by atoms with Crippen molar-refractivity contribution >= 4 is 6.09 Å². The van der Waals surface area contributed by atoms with Crippen LogP contribution in [0.1, 0.15) is 12.8 Å². The van der Waals surface area contributed by atoms with Gasteiger partial charge in [0, 0.05) is 13.1 Å². The molecule has 0 saturated carbocycles. The van der Waals surface area contributed by atoms with Crippen molar-refractivity contribution in [1.82, 2.24) is 4.90 Å². The van der Waals surface area contributed by atoms with Crippen LogP contribution in [0.4, 0.5) is 4.79 Å². The number of likely N-dealkylation sites (tertiary alicyclic amines) is 1. The van der Waals surface area contributed by atoms with E-state index < -0.39 is 6.09 Å². The molecule has 0 unspecified atom stereocenters. The minimum atomic E-state index is -0.428. The minimum absolute atomic E-state index is 0.428. The van der Waals surface area contributed by atoms with Gasteiger partial charge in [0.1, 0.15) is 6.26 Å². The van der Waals surface area contributed by atoms with E-state index >= 15 is 0 Å². The summed E-state index contributed by atoms with van der Waals surface area (Å²) in [7, 11) is 0. The second-order valence-electron chi connectivity index (χ2n) is 2.31. The van der Waals surface area contributed by atoms with Crippen molar-refractivity contribution in [3.63, 3.8) is 0 Å². The molecule has 0 spiro atoms. The van der Waals surface area contributed by atoms with Gasteiger partial charge in [-0.15, -0.1) is 0 Å². The molecular weight excluding hydrogens is 146 g/mol. The Morgan fingerprint density at radius 3 is 2.64 bits per heavy atom. The van der Waals surface area contributed by atoms with E-state index in [1.54, 1.807) is 4.90 Å². The lowest BCUT2D eigenvalue weighted by Gasteiger charge is -2.11. The van der Waals surface area contributed by atoms with E-state index in [2.05, 4.69) is 16.4 Å². The average Bonchev–Trinajstić information content (AvgIpc) is 2.52. The zero-order valence-electron chi connectivity index (χ0n) is 6.28. The molecule has 0 aromatic rings. The third-order valence-electron chi connectivity index (χ3n) is 1.55. The standard InChI is InChI=1S/C7H11NO3/c1-2-10-11-7(9)8-5-3-4-6-8/h2H,1,3-6H2. The normalized spacial score (nSPS) is 16.2. The third-order valence-corrected chi connectivity index (χ3v) is 1.55. The summed E-state index contributed by atoms with van der Waals surface area (Å²) in [5, 5.41) is 0. The minimum Gasteiger partial charge on any atom is -0.305 e. The topological polar surface area (TPSA) is 38.8 Å². The van der Waals surface area contributed by atoms with Crippen LogP contribution in [0, 0.1) is 0 Å². The summed E-state index contributed by atoms with van der Waals surface area (Å²) in [5.41, 5.74) is 0. The van der Waals surface area contributed by atoms with Gasteiger partial charge in [0.25, 0.3) is 0 Å². The number of rotatable bonds is 2. The largest absolute Gasteiger partial charge is 0.452 e. The van der Waals surface area contributed by atoms with E-state index in [1.807, 2.05) is 0 Å². The lowest BCUT2D eigenvalue weighted by Crippen LogP contribution is -2.27. The van der Waals surface area contributed by atoms with Gasteiger partial charge >= 0.3 is 6.09 Å². The molecule has 62 valence electrons. The van der Waals surface area contributed by atoms with Crippen LogP contribution in [0.2, 0.25) is 0 Å². The molecule has 4 heteroatoms. The predicted molar refractivity (Wildman–Crippen MR) is 38.6 cm³/mol. The Hall–Kier alpha value is -1.19. The summed E-state index contributed by atoms with van der Waals surface area (Å²) in [6.45, 7) is 4.77. The fraction of sp³-hybridized carbons (Fsp3) is 0.571. The maximum absolute atomic E-state index is 10.9. The van der Waals surface area contributed by atoms with Gasteiger partial charge in [-0.05, 0) is 12.8 Å². The number of amides is 1. The Kier molecular flexibility index (Phi) is 2.77. The van der Waals surface area contributed by atoms with Crippen LogP contribution in [-0.4, -0.2) is 24.1 Å². The molecule has 0 bridgehead atoms. The molecule has 11 heavy (non-hydrogen) atoms. The highest BCUT2D eigenvalue weighted by Crippen LogP contribution is 2.08. The highest BCUT2D eigenvalue weighted by Gasteiger charge is 2.19. The van der Waals surface area contributed by atoms with Crippen LogP contribution in [0.3, 0.4) is 0 Å². The molecule has 0 atom stereocenters. The predicted octanol–water partition coefficient (Wildman–Crippen LogP) is 1.29. The quantitative estimate of drug-likeness (QED) is 0.344. The second kappa shape index (κ2) is 3.85. The first-order valence-corrected chi connectivity index (χ1v) is 3.57. The van der Waals surface area contributed by atoms with Crippen molar-refractivity contribution in [2.24, 2.45) is 0 Å². The molecule has 1 rings (SSSR count). The van der Waals surface area contributed by atoms with Crippen molar-refractivity contribution in [2.45, 2.75) is 12.8 Å². The summed E-state index contributed by atoms with van der Waals surface area (Å²) < 4.78 is 0. The van der Waals surface area contributed by atoms with Crippen LogP contribution >= 0.6 is 0 Å². The van der Waals surface area contributed by atoms with Crippen molar-refractivity contribution in [2.75, 3.05) is 13.1 Å². The van der Waals surface area contributed by atoms with Crippen molar-refractivity contribution in [3.05, 3.63) is 12.8 Å². The van der Waals surface area contributed by atoms with E-state index in [4.69, 9.17) is 0 Å². The number of carbonyl (C=O) groups excluding carboxylic acids is 1. The Morgan fingerprint density at radius 2 is 2.09 bits per heavy atom. The highest BCUT2D eigenvalue weighted by atomic mass is 17.2. The average molecular weight is 157 g/mol. The molecule has 0 aliphatic carbocycles. The van der Waals surface area contributed by atoms with Gasteiger partial charge in [0.15, 0.2) is 0 Å². The van der Waals surface area contributed by atoms with Crippen LogP contribution in [-0.2, 0) is 9.78 Å². The van der Waals surface area contributed by atoms with Crippen LogP contribution in [0.25, 0.3) is 0 Å². The Bertz CT molecular complexity index is 152. The zero-order valence-corrected chi connectivity index (χ0v) is 6.28. The molecule has 0 aromatic carbocycles. The Labute approximate surface area is 65.3 Å². The SMILES string of the molecule is C=COOC(=O)N1CCCC1. The highest BCUT2D eigenvalue weighted by molar-refractivity contribution is 5.67. The molecule has 1 heterocycles. The van der Waals surface area contributed by atoms with Gasteiger partial charge < -0.3 is 4.90 Å². The Balaban J connectivity index is 2.22. The van der Waals surface area contributed by atoms with Gasteiger partial charge in [0.2, 0.25) is 0 Å². The third kappa shape index (κ3) is 2.14. The number of nitrogens with zero attached hydrogens (tertiary/aromatic N) is 1. The molecular formula is C7H11NO3. The van der Waals surface area contributed by atoms with E-state index in [0.717, 1.165) is 32.2 Å². The van der Waals surface area contributed by atoms with Crippen molar-refractivity contribution in [3.8, 4) is 0 Å². The van der Waals surface area contributed by atoms with E-state index in [0.29, 0.717) is 0 Å². The van der Waals surface area contributed by atoms with Crippen LogP contribution in [0.5, 0.6) is 0 Å². The monoisotopic (exact) mass is 157 g/mol. The fourth-order valence-corrected chi connectivity index (χ4v) is 1.03. The maximum atomic E-state index is 10.9. The molecule has 0 aromatic heterocycles. The zero-order chi connectivity index (χ0) is 8.10. The van der Waals surface area contributed by atoms with Crippen molar-refractivity contribution in [1.29, 1.82) is 0 Å². The van der Waals surface area contributed by atoms with E-state index in [9.17, 15) is 4.79 Å². The summed E-state index contributed by atoms with van der Waals surface area (Å²) >= 11 is 0. The summed E-state index contributed by atoms with van der Waals surface area (Å²) in [4.78, 5) is 21.2. The lowest BCUT2D eigenvalue weighted by atomic mass is 10.4. The van der Waals surface area contributed by atoms with Gasteiger partial charge in [0.05, 0.1) is 0 Å². The van der Waals surface area contributed by atoms with E-state index in [-0.39, 0.29) is 0 Å². The molecule has 1 aliphatic rings. The van der Waals surface area contributed by atoms with Gasteiger partial charge in [-0.3, -0.25) is 4.89 Å². The summed E-state index contributed by atoms with van der Waals surface area (Å²) in [5.74, 6) is 0. The first kappa shape index (κ1) is 7.91. The number of carbonyl (C=O) groups is 1. The first-order valence-electron chi connectivity index (χ1n) is 3.57. The van der Waals surface area contributed by atoms with E-state index in [1.165, 1.54) is 0 Å². The smallest absolute Gasteiger partial charge is 0.305 e. The molecule has 0 radical (unpaired) electrons. The molecule has 1 aliphatic heterocycles. The van der Waals surface area contributed by atoms with Crippen LogP contribution < -0.4 is 0 Å². The number of hydrogen-bond donors (Lipinski definition) is 0. The van der Waals surface area contributed by atoms with Gasteiger partial charge in [-0.25, -0.2) is 9.68 Å². The van der Waals surface area contributed by atoms with Crippen LogP contribution in [0.15, 0.2) is 12.8 Å². The molecule has 1 amide bonds.